The van der Waals surface area contributed by atoms with Crippen LogP contribution in [0.25, 0.3) is 11.3 Å². The van der Waals surface area contributed by atoms with E-state index < -0.39 is 17.5 Å². The summed E-state index contributed by atoms with van der Waals surface area (Å²) < 4.78 is 19.6. The van der Waals surface area contributed by atoms with Crippen LogP contribution in [0.1, 0.15) is 26.5 Å². The zero-order valence-electron chi connectivity index (χ0n) is 24.2. The van der Waals surface area contributed by atoms with E-state index in [2.05, 4.69) is 40.9 Å². The van der Waals surface area contributed by atoms with Gasteiger partial charge in [0.15, 0.2) is 0 Å². The average Bonchev–Trinajstić information content (AvgIpc) is 2.91. The second-order valence-electron chi connectivity index (χ2n) is 11.0. The average molecular weight is 599 g/mol. The summed E-state index contributed by atoms with van der Waals surface area (Å²) in [6, 6.07) is 9.44. The molecule has 11 nitrogen and oxygen atoms in total. The Morgan fingerprint density at radius 3 is 2.52 bits per heavy atom. The van der Waals surface area contributed by atoms with E-state index in [1.54, 1.807) is 31.3 Å². The molecule has 1 fully saturated rings. The van der Waals surface area contributed by atoms with Crippen LogP contribution in [0.15, 0.2) is 42.6 Å². The van der Waals surface area contributed by atoms with E-state index >= 15 is 0 Å². The third-order valence-electron chi connectivity index (χ3n) is 6.42. The minimum atomic E-state index is -0.524. The molecule has 0 saturated carbocycles. The summed E-state index contributed by atoms with van der Waals surface area (Å²) in [6.45, 7) is 11.8. The predicted molar refractivity (Wildman–Crippen MR) is 160 cm³/mol. The van der Waals surface area contributed by atoms with Gasteiger partial charge in [0.25, 0.3) is 0 Å². The SMILES string of the molecule is Cc1nnc(-c2cc(Cl)ccc2F)cc1Nc1ccnc(NC(=O)CN2CCN(CCNC(=O)OC(C)(C)C)CC2)c1. The normalized spacial score (nSPS) is 14.3. The fourth-order valence-corrected chi connectivity index (χ4v) is 4.50. The lowest BCUT2D eigenvalue weighted by Gasteiger charge is -2.34. The molecule has 1 saturated heterocycles. The fourth-order valence-electron chi connectivity index (χ4n) is 4.32. The molecule has 3 aromatic rings. The maximum Gasteiger partial charge on any atom is 0.407 e. The van der Waals surface area contributed by atoms with Gasteiger partial charge in [0.05, 0.1) is 23.6 Å². The number of ether oxygens (including phenoxy) is 1. The highest BCUT2D eigenvalue weighted by molar-refractivity contribution is 6.30. The Morgan fingerprint density at radius 1 is 1.05 bits per heavy atom. The van der Waals surface area contributed by atoms with Crippen molar-refractivity contribution in [1.82, 2.24) is 30.3 Å². The lowest BCUT2D eigenvalue weighted by atomic mass is 10.1. The number of carbonyl (C=O) groups is 2. The Hall–Kier alpha value is -3.87. The first-order valence-electron chi connectivity index (χ1n) is 13.7. The predicted octanol–water partition coefficient (Wildman–Crippen LogP) is 4.46. The van der Waals surface area contributed by atoms with Gasteiger partial charge in [0.1, 0.15) is 17.2 Å². The van der Waals surface area contributed by atoms with Gasteiger partial charge in [-0.1, -0.05) is 11.6 Å². The molecular formula is C29H36ClFN8O3. The largest absolute Gasteiger partial charge is 0.444 e. The lowest BCUT2D eigenvalue weighted by molar-refractivity contribution is -0.117. The van der Waals surface area contributed by atoms with E-state index in [1.807, 2.05) is 20.8 Å². The van der Waals surface area contributed by atoms with Crippen LogP contribution in [0.5, 0.6) is 0 Å². The van der Waals surface area contributed by atoms with Crippen molar-refractivity contribution in [2.24, 2.45) is 0 Å². The van der Waals surface area contributed by atoms with Gasteiger partial charge < -0.3 is 20.7 Å². The number of rotatable bonds is 9. The molecule has 3 heterocycles. The number of hydrogen-bond donors (Lipinski definition) is 3. The van der Waals surface area contributed by atoms with Crippen LogP contribution in [0, 0.1) is 12.7 Å². The van der Waals surface area contributed by atoms with E-state index in [0.29, 0.717) is 46.7 Å². The number of nitrogens with zero attached hydrogens (tertiary/aromatic N) is 5. The highest BCUT2D eigenvalue weighted by Gasteiger charge is 2.20. The first-order chi connectivity index (χ1) is 19.9. The fraction of sp³-hybridized carbons (Fsp3) is 0.414. The first-order valence-corrected chi connectivity index (χ1v) is 14.1. The van der Waals surface area contributed by atoms with Gasteiger partial charge in [-0.3, -0.25) is 14.6 Å². The Bertz CT molecular complexity index is 1410. The number of benzene rings is 1. The molecule has 1 aliphatic rings. The third-order valence-corrected chi connectivity index (χ3v) is 6.65. The Kier molecular flexibility index (Phi) is 10.3. The minimum Gasteiger partial charge on any atom is -0.444 e. The summed E-state index contributed by atoms with van der Waals surface area (Å²) in [5.41, 5.74) is 1.97. The number of alkyl carbamates (subject to hydrolysis) is 1. The molecule has 3 N–H and O–H groups in total. The van der Waals surface area contributed by atoms with E-state index in [1.165, 1.54) is 18.2 Å². The molecule has 224 valence electrons. The van der Waals surface area contributed by atoms with Crippen LogP contribution >= 0.6 is 11.6 Å². The molecule has 0 atom stereocenters. The molecule has 0 radical (unpaired) electrons. The summed E-state index contributed by atoms with van der Waals surface area (Å²) in [5.74, 6) is -0.216. The van der Waals surface area contributed by atoms with Crippen LogP contribution in [-0.2, 0) is 9.53 Å². The Labute approximate surface area is 249 Å². The monoisotopic (exact) mass is 598 g/mol. The topological polar surface area (TPSA) is 125 Å². The minimum absolute atomic E-state index is 0.167. The van der Waals surface area contributed by atoms with Gasteiger partial charge in [0, 0.05) is 67.8 Å². The number of aromatic nitrogens is 3. The highest BCUT2D eigenvalue weighted by Crippen LogP contribution is 2.28. The molecule has 13 heteroatoms. The van der Waals surface area contributed by atoms with Crippen LogP contribution in [0.4, 0.5) is 26.4 Å². The Balaban J connectivity index is 1.26. The van der Waals surface area contributed by atoms with Gasteiger partial charge in [0.2, 0.25) is 5.91 Å². The van der Waals surface area contributed by atoms with E-state index in [-0.39, 0.29) is 18.0 Å². The van der Waals surface area contributed by atoms with Crippen LogP contribution in [0.3, 0.4) is 0 Å². The van der Waals surface area contributed by atoms with Crippen molar-refractivity contribution >= 4 is 40.8 Å². The molecule has 0 unspecified atom stereocenters. The summed E-state index contributed by atoms with van der Waals surface area (Å²) in [6.07, 6.45) is 1.17. The lowest BCUT2D eigenvalue weighted by Crippen LogP contribution is -2.50. The number of carbonyl (C=O) groups excluding carboxylic acids is 2. The van der Waals surface area contributed by atoms with Crippen molar-refractivity contribution in [3.05, 3.63) is 59.1 Å². The van der Waals surface area contributed by atoms with Crippen molar-refractivity contribution in [2.75, 3.05) is 56.4 Å². The van der Waals surface area contributed by atoms with Crippen molar-refractivity contribution in [3.8, 4) is 11.3 Å². The number of nitrogens with one attached hydrogen (secondary N) is 3. The maximum absolute atomic E-state index is 14.4. The van der Waals surface area contributed by atoms with Crippen LogP contribution in [0.2, 0.25) is 5.02 Å². The molecule has 2 amide bonds. The van der Waals surface area contributed by atoms with Crippen molar-refractivity contribution in [3.63, 3.8) is 0 Å². The number of hydrogen-bond acceptors (Lipinski definition) is 9. The molecule has 1 aliphatic heterocycles. The molecular weight excluding hydrogens is 563 g/mol. The van der Waals surface area contributed by atoms with Gasteiger partial charge >= 0.3 is 6.09 Å². The third kappa shape index (κ3) is 9.33. The molecule has 2 aromatic heterocycles. The van der Waals surface area contributed by atoms with Crippen LogP contribution < -0.4 is 16.0 Å². The smallest absolute Gasteiger partial charge is 0.407 e. The maximum atomic E-state index is 14.4. The first kappa shape index (κ1) is 31.1. The van der Waals surface area contributed by atoms with Gasteiger partial charge in [-0.2, -0.15) is 10.2 Å². The van der Waals surface area contributed by atoms with Gasteiger partial charge in [-0.15, -0.1) is 0 Å². The molecule has 1 aromatic carbocycles. The number of piperazine rings is 1. The van der Waals surface area contributed by atoms with Crippen molar-refractivity contribution in [2.45, 2.75) is 33.3 Å². The molecule has 0 spiro atoms. The summed E-state index contributed by atoms with van der Waals surface area (Å²) in [4.78, 5) is 33.2. The van der Waals surface area contributed by atoms with Gasteiger partial charge in [-0.05, 0) is 58.0 Å². The Morgan fingerprint density at radius 2 is 1.79 bits per heavy atom. The molecule has 4 rings (SSSR count). The quantitative estimate of drug-likeness (QED) is 0.327. The zero-order valence-corrected chi connectivity index (χ0v) is 25.0. The van der Waals surface area contributed by atoms with E-state index in [0.717, 1.165) is 26.2 Å². The van der Waals surface area contributed by atoms with E-state index in [9.17, 15) is 14.0 Å². The highest BCUT2D eigenvalue weighted by atomic mass is 35.5. The number of halogens is 2. The molecule has 42 heavy (non-hydrogen) atoms. The summed E-state index contributed by atoms with van der Waals surface area (Å²) in [5, 5.41) is 17.6. The molecule has 0 aliphatic carbocycles. The molecule has 0 bridgehead atoms. The zero-order chi connectivity index (χ0) is 30.3. The number of anilines is 3. The summed E-state index contributed by atoms with van der Waals surface area (Å²) >= 11 is 6.04. The second kappa shape index (κ2) is 13.9. The standard InChI is InChI=1S/C29H36ClFN8O3/c1-19-24(17-25(37-36-19)22-15-20(30)5-6-23(22)31)34-21-7-8-32-26(16-21)35-27(40)18-39-13-11-38(12-14-39)10-9-33-28(41)42-29(2,3)4/h5-8,15-17H,9-14,18H2,1-4H3,(H,33,41)(H2,32,34,35,37,40). The number of aryl methyl sites for hydroxylation is 1. The summed E-state index contributed by atoms with van der Waals surface area (Å²) in [7, 11) is 0. The van der Waals surface area contributed by atoms with Crippen molar-refractivity contribution in [1.29, 1.82) is 0 Å². The van der Waals surface area contributed by atoms with Gasteiger partial charge in [-0.25, -0.2) is 14.2 Å². The van der Waals surface area contributed by atoms with Crippen molar-refractivity contribution < 1.29 is 18.7 Å². The number of amides is 2. The van der Waals surface area contributed by atoms with E-state index in [4.69, 9.17) is 16.3 Å². The van der Waals surface area contributed by atoms with Crippen LogP contribution in [-0.4, -0.2) is 88.4 Å². The number of pyridine rings is 1. The second-order valence-corrected chi connectivity index (χ2v) is 11.4.